The number of hydrogen-bond acceptors (Lipinski definition) is 4. The highest BCUT2D eigenvalue weighted by atomic mass is 16.5. The van der Waals surface area contributed by atoms with Gasteiger partial charge in [-0.25, -0.2) is 0 Å². The molecule has 1 saturated carbocycles. The monoisotopic (exact) mass is 298 g/mol. The lowest BCUT2D eigenvalue weighted by Gasteiger charge is -2.39. The van der Waals surface area contributed by atoms with E-state index < -0.39 is 5.54 Å². The Labute approximate surface area is 130 Å². The molecule has 4 heteroatoms. The van der Waals surface area contributed by atoms with Gasteiger partial charge in [0.15, 0.2) is 0 Å². The van der Waals surface area contributed by atoms with Crippen LogP contribution in [0.1, 0.15) is 60.8 Å². The highest BCUT2D eigenvalue weighted by molar-refractivity contribution is 5.81. The first-order valence-corrected chi connectivity index (χ1v) is 8.11. The van der Waals surface area contributed by atoms with Crippen LogP contribution < -0.4 is 5.32 Å². The van der Waals surface area contributed by atoms with Crippen molar-refractivity contribution in [2.45, 2.75) is 84.5 Å². The lowest BCUT2D eigenvalue weighted by Crippen LogP contribution is -2.55. The van der Waals surface area contributed by atoms with E-state index >= 15 is 0 Å². The van der Waals surface area contributed by atoms with Crippen molar-refractivity contribution in [3.8, 4) is 0 Å². The van der Waals surface area contributed by atoms with Gasteiger partial charge in [0.05, 0.1) is 7.11 Å². The van der Waals surface area contributed by atoms with Crippen molar-refractivity contribution in [3.63, 3.8) is 0 Å². The Kier molecular flexibility index (Phi) is 5.84. The molecule has 0 radical (unpaired) electrons. The molecule has 0 saturated heterocycles. The summed E-state index contributed by atoms with van der Waals surface area (Å²) in [4.78, 5) is 14.7. The molecule has 1 N–H and O–H groups in total. The van der Waals surface area contributed by atoms with Crippen LogP contribution in [0.25, 0.3) is 0 Å². The predicted octanol–water partition coefficient (Wildman–Crippen LogP) is 2.82. The minimum absolute atomic E-state index is 0.115. The van der Waals surface area contributed by atoms with E-state index in [1.165, 1.54) is 7.11 Å². The van der Waals surface area contributed by atoms with E-state index in [0.29, 0.717) is 12.1 Å². The molecule has 0 bridgehead atoms. The van der Waals surface area contributed by atoms with E-state index in [4.69, 9.17) is 4.74 Å². The number of esters is 1. The smallest absolute Gasteiger partial charge is 0.326 e. The topological polar surface area (TPSA) is 41.6 Å². The Morgan fingerprint density at radius 1 is 1.33 bits per heavy atom. The molecule has 1 aliphatic rings. The maximum atomic E-state index is 12.3. The number of rotatable bonds is 5. The number of methoxy groups -OCH3 is 1. The summed E-state index contributed by atoms with van der Waals surface area (Å²) in [5.41, 5.74) is -0.282. The van der Waals surface area contributed by atoms with Gasteiger partial charge >= 0.3 is 5.97 Å². The summed E-state index contributed by atoms with van der Waals surface area (Å²) in [5, 5.41) is 3.47. The normalized spacial score (nSPS) is 28.2. The molecule has 0 amide bonds. The van der Waals surface area contributed by atoms with Crippen molar-refractivity contribution in [3.05, 3.63) is 0 Å². The molecule has 1 fully saturated rings. The minimum atomic E-state index is -0.514. The number of carbonyl (C=O) groups is 1. The molecule has 0 heterocycles. The molecule has 0 spiro atoms. The third-order valence-electron chi connectivity index (χ3n) is 5.07. The van der Waals surface area contributed by atoms with Crippen LogP contribution in [0, 0.1) is 5.41 Å². The van der Waals surface area contributed by atoms with Crippen LogP contribution in [0.3, 0.4) is 0 Å². The standard InChI is InChI=1S/C17H34N2O2/c1-12(2)18-17(15(20)21-8)10-9-14(11-17)19(7)13(3)16(4,5)6/h12-14,18H,9-11H2,1-8H3. The molecular weight excluding hydrogens is 264 g/mol. The van der Waals surface area contributed by atoms with Gasteiger partial charge in [-0.05, 0) is 52.5 Å². The Hall–Kier alpha value is -0.610. The first kappa shape index (κ1) is 18.4. The van der Waals surface area contributed by atoms with Gasteiger partial charge in [-0.3, -0.25) is 10.1 Å². The van der Waals surface area contributed by atoms with Crippen LogP contribution in [0.2, 0.25) is 0 Å². The van der Waals surface area contributed by atoms with Gasteiger partial charge in [-0.2, -0.15) is 0 Å². The van der Waals surface area contributed by atoms with Gasteiger partial charge in [0.2, 0.25) is 0 Å². The third-order valence-corrected chi connectivity index (χ3v) is 5.07. The lowest BCUT2D eigenvalue weighted by molar-refractivity contribution is -0.149. The molecule has 0 aliphatic heterocycles. The Balaban J connectivity index is 2.86. The van der Waals surface area contributed by atoms with E-state index in [1.807, 2.05) is 0 Å². The first-order chi connectivity index (χ1) is 9.53. The van der Waals surface area contributed by atoms with Crippen molar-refractivity contribution >= 4 is 5.97 Å². The summed E-state index contributed by atoms with van der Waals surface area (Å²) in [6, 6.07) is 1.16. The zero-order chi connectivity index (χ0) is 16.4. The Bertz CT molecular complexity index is 362. The number of carbonyl (C=O) groups excluding carboxylic acids is 1. The SMILES string of the molecule is COC(=O)C1(NC(C)C)CCC(N(C)C(C)C(C)(C)C)C1. The van der Waals surface area contributed by atoms with Gasteiger partial charge < -0.3 is 9.64 Å². The van der Waals surface area contributed by atoms with Gasteiger partial charge in [-0.1, -0.05) is 20.8 Å². The minimum Gasteiger partial charge on any atom is -0.468 e. The second-order valence-electron chi connectivity index (χ2n) is 7.98. The van der Waals surface area contributed by atoms with Crippen LogP contribution in [0.15, 0.2) is 0 Å². The molecule has 1 rings (SSSR count). The summed E-state index contributed by atoms with van der Waals surface area (Å²) >= 11 is 0. The van der Waals surface area contributed by atoms with Crippen LogP contribution in [0.4, 0.5) is 0 Å². The largest absolute Gasteiger partial charge is 0.468 e. The summed E-state index contributed by atoms with van der Waals surface area (Å²) in [7, 11) is 3.67. The summed E-state index contributed by atoms with van der Waals surface area (Å²) in [5.74, 6) is -0.115. The molecule has 124 valence electrons. The van der Waals surface area contributed by atoms with Crippen molar-refractivity contribution in [2.75, 3.05) is 14.2 Å². The molecule has 4 nitrogen and oxygen atoms in total. The highest BCUT2D eigenvalue weighted by Crippen LogP contribution is 2.37. The second-order valence-corrected chi connectivity index (χ2v) is 7.98. The van der Waals surface area contributed by atoms with Crippen LogP contribution >= 0.6 is 0 Å². The quantitative estimate of drug-likeness (QED) is 0.793. The van der Waals surface area contributed by atoms with Crippen LogP contribution in [0.5, 0.6) is 0 Å². The van der Waals surface area contributed by atoms with Gasteiger partial charge in [0.1, 0.15) is 5.54 Å². The van der Waals surface area contributed by atoms with E-state index in [0.717, 1.165) is 19.3 Å². The lowest BCUT2D eigenvalue weighted by atomic mass is 9.86. The molecule has 1 aliphatic carbocycles. The molecule has 0 aromatic heterocycles. The third kappa shape index (κ3) is 4.19. The summed E-state index contributed by atoms with van der Waals surface area (Å²) < 4.78 is 5.07. The number of nitrogens with zero attached hydrogens (tertiary/aromatic N) is 1. The molecule has 0 aromatic carbocycles. The highest BCUT2D eigenvalue weighted by Gasteiger charge is 2.48. The van der Waals surface area contributed by atoms with Crippen LogP contribution in [-0.2, 0) is 9.53 Å². The van der Waals surface area contributed by atoms with E-state index in [-0.39, 0.29) is 17.4 Å². The van der Waals surface area contributed by atoms with Gasteiger partial charge in [0.25, 0.3) is 0 Å². The molecule has 3 atom stereocenters. The molecule has 0 aromatic rings. The summed E-state index contributed by atoms with van der Waals surface area (Å²) in [6.07, 6.45) is 2.71. The average Bonchev–Trinajstić information content (AvgIpc) is 2.79. The zero-order valence-corrected chi connectivity index (χ0v) is 15.1. The van der Waals surface area contributed by atoms with E-state index in [9.17, 15) is 4.79 Å². The number of nitrogens with one attached hydrogen (secondary N) is 1. The van der Waals surface area contributed by atoms with E-state index in [2.05, 4.69) is 58.8 Å². The zero-order valence-electron chi connectivity index (χ0n) is 15.1. The van der Waals surface area contributed by atoms with Crippen molar-refractivity contribution in [1.29, 1.82) is 0 Å². The van der Waals surface area contributed by atoms with Gasteiger partial charge in [0, 0.05) is 18.1 Å². The second kappa shape index (κ2) is 6.66. The predicted molar refractivity (Wildman–Crippen MR) is 87.3 cm³/mol. The van der Waals surface area contributed by atoms with Gasteiger partial charge in [-0.15, -0.1) is 0 Å². The van der Waals surface area contributed by atoms with Crippen LogP contribution in [-0.4, -0.2) is 48.7 Å². The average molecular weight is 298 g/mol. The fourth-order valence-corrected chi connectivity index (χ4v) is 3.42. The van der Waals surface area contributed by atoms with Crippen molar-refractivity contribution in [1.82, 2.24) is 10.2 Å². The van der Waals surface area contributed by atoms with Crippen molar-refractivity contribution < 1.29 is 9.53 Å². The first-order valence-electron chi connectivity index (χ1n) is 8.11. The molecular formula is C17H34N2O2. The number of ether oxygens (including phenoxy) is 1. The van der Waals surface area contributed by atoms with Crippen molar-refractivity contribution in [2.24, 2.45) is 5.41 Å². The summed E-state index contributed by atoms with van der Waals surface area (Å²) in [6.45, 7) is 13.2. The Morgan fingerprint density at radius 2 is 1.90 bits per heavy atom. The fraction of sp³-hybridized carbons (Fsp3) is 0.941. The fourth-order valence-electron chi connectivity index (χ4n) is 3.42. The van der Waals surface area contributed by atoms with E-state index in [1.54, 1.807) is 0 Å². The Morgan fingerprint density at radius 3 is 2.33 bits per heavy atom. The molecule has 21 heavy (non-hydrogen) atoms. The number of hydrogen-bond donors (Lipinski definition) is 1. The maximum Gasteiger partial charge on any atom is 0.326 e. The molecule has 3 unspecified atom stereocenters. The maximum absolute atomic E-state index is 12.3.